The van der Waals surface area contributed by atoms with E-state index in [9.17, 15) is 4.79 Å². The van der Waals surface area contributed by atoms with E-state index in [1.165, 1.54) is 11.1 Å². The van der Waals surface area contributed by atoms with Crippen molar-refractivity contribution in [3.05, 3.63) is 23.9 Å². The molecular formula is C11H17N3O3. The van der Waals surface area contributed by atoms with Crippen molar-refractivity contribution in [1.29, 1.82) is 0 Å². The summed E-state index contributed by atoms with van der Waals surface area (Å²) in [4.78, 5) is 17.1. The highest BCUT2D eigenvalue weighted by Gasteiger charge is 2.08. The summed E-state index contributed by atoms with van der Waals surface area (Å²) < 4.78 is 0. The van der Waals surface area contributed by atoms with E-state index >= 15 is 0 Å². The molecule has 1 aromatic heterocycles. The van der Waals surface area contributed by atoms with Gasteiger partial charge in [0.25, 0.3) is 5.91 Å². The number of hydrogen-bond acceptors (Lipinski definition) is 5. The standard InChI is InChI=1S/C11H17N3O3/c1-14(2)11(17)8-3-4-10(12-5-8)13-6-9(16)7-15/h3-5,9,15-16H,6-7H2,1-2H3,(H,12,13). The highest BCUT2D eigenvalue weighted by molar-refractivity contribution is 5.93. The molecule has 1 heterocycles. The quantitative estimate of drug-likeness (QED) is 0.648. The lowest BCUT2D eigenvalue weighted by molar-refractivity contribution is 0.0827. The minimum Gasteiger partial charge on any atom is -0.394 e. The molecule has 17 heavy (non-hydrogen) atoms. The zero-order chi connectivity index (χ0) is 12.8. The summed E-state index contributed by atoms with van der Waals surface area (Å²) in [6, 6.07) is 3.31. The van der Waals surface area contributed by atoms with Gasteiger partial charge in [-0.25, -0.2) is 4.98 Å². The zero-order valence-corrected chi connectivity index (χ0v) is 9.92. The van der Waals surface area contributed by atoms with Gasteiger partial charge in [-0.15, -0.1) is 0 Å². The maximum Gasteiger partial charge on any atom is 0.254 e. The Balaban J connectivity index is 2.59. The fourth-order valence-electron chi connectivity index (χ4n) is 1.17. The first kappa shape index (κ1) is 13.4. The van der Waals surface area contributed by atoms with Crippen molar-refractivity contribution in [2.75, 3.05) is 32.6 Å². The number of hydrogen-bond donors (Lipinski definition) is 3. The Hall–Kier alpha value is -1.66. The zero-order valence-electron chi connectivity index (χ0n) is 9.92. The van der Waals surface area contributed by atoms with Gasteiger partial charge in [-0.3, -0.25) is 4.79 Å². The topological polar surface area (TPSA) is 85.7 Å². The summed E-state index contributed by atoms with van der Waals surface area (Å²) in [5, 5.41) is 20.6. The van der Waals surface area contributed by atoms with Crippen molar-refractivity contribution in [3.63, 3.8) is 0 Å². The number of carbonyl (C=O) groups excluding carboxylic acids is 1. The number of pyridine rings is 1. The van der Waals surface area contributed by atoms with Crippen LogP contribution >= 0.6 is 0 Å². The second-order valence-corrected chi connectivity index (χ2v) is 3.85. The molecule has 1 unspecified atom stereocenters. The van der Waals surface area contributed by atoms with Gasteiger partial charge in [-0.05, 0) is 12.1 Å². The minimum absolute atomic E-state index is 0.112. The van der Waals surface area contributed by atoms with Gasteiger partial charge in [-0.2, -0.15) is 0 Å². The predicted octanol–water partition coefficient (Wildman–Crippen LogP) is -0.452. The summed E-state index contributed by atoms with van der Waals surface area (Å²) in [5.41, 5.74) is 0.503. The molecule has 0 aromatic carbocycles. The molecule has 6 nitrogen and oxygen atoms in total. The molecule has 0 spiro atoms. The molecule has 1 amide bonds. The van der Waals surface area contributed by atoms with E-state index in [4.69, 9.17) is 10.2 Å². The van der Waals surface area contributed by atoms with E-state index in [1.54, 1.807) is 26.2 Å². The molecule has 1 rings (SSSR count). The highest BCUT2D eigenvalue weighted by atomic mass is 16.3. The second-order valence-electron chi connectivity index (χ2n) is 3.85. The molecule has 1 aromatic rings. The first-order chi connectivity index (χ1) is 8.04. The average molecular weight is 239 g/mol. The van der Waals surface area contributed by atoms with Gasteiger partial charge in [0, 0.05) is 26.8 Å². The van der Waals surface area contributed by atoms with Crippen LogP contribution in [0.1, 0.15) is 10.4 Å². The monoisotopic (exact) mass is 239 g/mol. The molecule has 6 heteroatoms. The molecule has 0 aliphatic heterocycles. The van der Waals surface area contributed by atoms with Crippen LogP contribution in [-0.4, -0.2) is 59.4 Å². The summed E-state index contributed by atoms with van der Waals surface area (Å²) in [5.74, 6) is 0.437. The van der Waals surface area contributed by atoms with Gasteiger partial charge in [-0.1, -0.05) is 0 Å². The molecule has 1 atom stereocenters. The van der Waals surface area contributed by atoms with Gasteiger partial charge in [0.1, 0.15) is 5.82 Å². The van der Waals surface area contributed by atoms with Crippen LogP contribution < -0.4 is 5.32 Å². The third-order valence-corrected chi connectivity index (χ3v) is 2.15. The van der Waals surface area contributed by atoms with E-state index in [0.717, 1.165) is 0 Å². The Morgan fingerprint density at radius 1 is 1.53 bits per heavy atom. The molecule has 0 aliphatic carbocycles. The number of aromatic nitrogens is 1. The summed E-state index contributed by atoms with van der Waals surface area (Å²) in [7, 11) is 3.35. The minimum atomic E-state index is -0.820. The molecule has 0 radical (unpaired) electrons. The number of nitrogens with one attached hydrogen (secondary N) is 1. The van der Waals surface area contributed by atoms with Crippen LogP contribution in [0.15, 0.2) is 18.3 Å². The summed E-state index contributed by atoms with van der Waals surface area (Å²) >= 11 is 0. The number of rotatable bonds is 5. The van der Waals surface area contributed by atoms with Crippen molar-refractivity contribution < 1.29 is 15.0 Å². The van der Waals surface area contributed by atoms with E-state index in [1.807, 2.05) is 0 Å². The van der Waals surface area contributed by atoms with Gasteiger partial charge in [0.05, 0.1) is 18.3 Å². The lowest BCUT2D eigenvalue weighted by Crippen LogP contribution is -2.24. The maximum atomic E-state index is 11.6. The van der Waals surface area contributed by atoms with Crippen LogP contribution in [-0.2, 0) is 0 Å². The molecule has 0 fully saturated rings. The molecule has 3 N–H and O–H groups in total. The van der Waals surface area contributed by atoms with E-state index in [0.29, 0.717) is 11.4 Å². The van der Waals surface area contributed by atoms with Crippen LogP contribution in [0.2, 0.25) is 0 Å². The summed E-state index contributed by atoms with van der Waals surface area (Å²) in [6.07, 6.45) is 0.649. The predicted molar refractivity (Wildman–Crippen MR) is 63.8 cm³/mol. The third kappa shape index (κ3) is 4.01. The lowest BCUT2D eigenvalue weighted by Gasteiger charge is -2.11. The van der Waals surface area contributed by atoms with Crippen LogP contribution in [0.3, 0.4) is 0 Å². The Morgan fingerprint density at radius 3 is 2.71 bits per heavy atom. The number of aliphatic hydroxyl groups excluding tert-OH is 2. The number of amides is 1. The Kier molecular flexibility index (Phi) is 4.86. The largest absolute Gasteiger partial charge is 0.394 e. The van der Waals surface area contributed by atoms with E-state index in [-0.39, 0.29) is 19.1 Å². The van der Waals surface area contributed by atoms with Crippen LogP contribution in [0.4, 0.5) is 5.82 Å². The SMILES string of the molecule is CN(C)C(=O)c1ccc(NCC(O)CO)nc1. The van der Waals surface area contributed by atoms with Crippen LogP contribution in [0.5, 0.6) is 0 Å². The van der Waals surface area contributed by atoms with Gasteiger partial charge >= 0.3 is 0 Å². The smallest absolute Gasteiger partial charge is 0.254 e. The lowest BCUT2D eigenvalue weighted by atomic mass is 10.2. The van der Waals surface area contributed by atoms with Gasteiger partial charge < -0.3 is 20.4 Å². The van der Waals surface area contributed by atoms with Crippen molar-refractivity contribution in [3.8, 4) is 0 Å². The maximum absolute atomic E-state index is 11.6. The number of nitrogens with zero attached hydrogens (tertiary/aromatic N) is 2. The van der Waals surface area contributed by atoms with Gasteiger partial charge in [0.2, 0.25) is 0 Å². The fraction of sp³-hybridized carbons (Fsp3) is 0.455. The first-order valence-electron chi connectivity index (χ1n) is 5.25. The van der Waals surface area contributed by atoms with Crippen molar-refractivity contribution >= 4 is 11.7 Å². The van der Waals surface area contributed by atoms with Crippen LogP contribution in [0, 0.1) is 0 Å². The Bertz CT molecular complexity index is 365. The third-order valence-electron chi connectivity index (χ3n) is 2.15. The van der Waals surface area contributed by atoms with Crippen LogP contribution in [0.25, 0.3) is 0 Å². The Morgan fingerprint density at radius 2 is 2.24 bits per heavy atom. The van der Waals surface area contributed by atoms with Crippen molar-refractivity contribution in [2.45, 2.75) is 6.10 Å². The molecule has 0 saturated heterocycles. The molecule has 0 bridgehead atoms. The summed E-state index contributed by atoms with van der Waals surface area (Å²) in [6.45, 7) is -0.0886. The Labute approximate surface area is 99.9 Å². The van der Waals surface area contributed by atoms with E-state index in [2.05, 4.69) is 10.3 Å². The molecule has 0 saturated carbocycles. The highest BCUT2D eigenvalue weighted by Crippen LogP contribution is 2.06. The fourth-order valence-corrected chi connectivity index (χ4v) is 1.17. The van der Waals surface area contributed by atoms with E-state index < -0.39 is 6.10 Å². The van der Waals surface area contributed by atoms with Crippen molar-refractivity contribution in [1.82, 2.24) is 9.88 Å². The molecule has 94 valence electrons. The second kappa shape index (κ2) is 6.17. The molecular weight excluding hydrogens is 222 g/mol. The number of anilines is 1. The number of carbonyl (C=O) groups is 1. The molecule has 0 aliphatic rings. The number of aliphatic hydroxyl groups is 2. The van der Waals surface area contributed by atoms with Gasteiger partial charge in [0.15, 0.2) is 0 Å². The average Bonchev–Trinajstić information content (AvgIpc) is 2.35. The normalized spacial score (nSPS) is 12.0. The van der Waals surface area contributed by atoms with Crippen molar-refractivity contribution in [2.24, 2.45) is 0 Å². The first-order valence-corrected chi connectivity index (χ1v) is 5.25.